The lowest BCUT2D eigenvalue weighted by Crippen LogP contribution is -2.67. The first kappa shape index (κ1) is 17.6. The minimum Gasteiger partial charge on any atom is -0.381 e. The fraction of sp³-hybridized carbons (Fsp3) is 1.00. The SMILES string of the molecule is CCO[C@H]1C[C@@H](NCC(C)(C)N2CCOCC2)C12CCOCC2. The van der Waals surface area contributed by atoms with E-state index < -0.39 is 0 Å². The molecule has 1 spiro atoms. The first-order valence-electron chi connectivity index (χ1n) is 9.34. The molecule has 1 N–H and O–H groups in total. The quantitative estimate of drug-likeness (QED) is 0.804. The Morgan fingerprint density at radius 3 is 2.43 bits per heavy atom. The van der Waals surface area contributed by atoms with Crippen LogP contribution in [-0.2, 0) is 14.2 Å². The smallest absolute Gasteiger partial charge is 0.0662 e. The van der Waals surface area contributed by atoms with Crippen LogP contribution in [0.2, 0.25) is 0 Å². The number of rotatable bonds is 6. The van der Waals surface area contributed by atoms with Crippen molar-refractivity contribution in [2.75, 3.05) is 52.7 Å². The average molecular weight is 326 g/mol. The van der Waals surface area contributed by atoms with Crippen LogP contribution >= 0.6 is 0 Å². The molecular formula is C18H34N2O3. The zero-order valence-corrected chi connectivity index (χ0v) is 15.1. The normalized spacial score (nSPS) is 32.0. The molecule has 0 bridgehead atoms. The minimum absolute atomic E-state index is 0.173. The largest absolute Gasteiger partial charge is 0.381 e. The van der Waals surface area contributed by atoms with E-state index in [1.165, 1.54) is 0 Å². The van der Waals surface area contributed by atoms with Gasteiger partial charge in [0.25, 0.3) is 0 Å². The molecule has 23 heavy (non-hydrogen) atoms. The van der Waals surface area contributed by atoms with Gasteiger partial charge < -0.3 is 19.5 Å². The molecule has 0 amide bonds. The summed E-state index contributed by atoms with van der Waals surface area (Å²) >= 11 is 0. The maximum atomic E-state index is 6.03. The predicted octanol–water partition coefficient (Wildman–Crippen LogP) is 1.66. The van der Waals surface area contributed by atoms with Gasteiger partial charge in [0.05, 0.1) is 19.3 Å². The van der Waals surface area contributed by atoms with Gasteiger partial charge in [0.2, 0.25) is 0 Å². The molecule has 1 aliphatic carbocycles. The molecule has 1 saturated carbocycles. The number of hydrogen-bond donors (Lipinski definition) is 1. The van der Waals surface area contributed by atoms with Gasteiger partial charge in [0.1, 0.15) is 0 Å². The van der Waals surface area contributed by atoms with Crippen LogP contribution in [0.3, 0.4) is 0 Å². The van der Waals surface area contributed by atoms with E-state index in [0.29, 0.717) is 17.6 Å². The van der Waals surface area contributed by atoms with Crippen molar-refractivity contribution in [1.29, 1.82) is 0 Å². The lowest BCUT2D eigenvalue weighted by Gasteiger charge is -2.58. The molecule has 0 unspecified atom stereocenters. The molecule has 5 nitrogen and oxygen atoms in total. The molecule has 3 rings (SSSR count). The van der Waals surface area contributed by atoms with Crippen molar-refractivity contribution in [2.45, 2.75) is 57.7 Å². The van der Waals surface area contributed by atoms with Gasteiger partial charge in [-0.1, -0.05) is 0 Å². The number of nitrogens with zero attached hydrogens (tertiary/aromatic N) is 1. The van der Waals surface area contributed by atoms with Crippen LogP contribution < -0.4 is 5.32 Å². The number of morpholine rings is 1. The highest BCUT2D eigenvalue weighted by atomic mass is 16.5. The molecule has 134 valence electrons. The molecule has 0 aromatic heterocycles. The molecule has 5 heteroatoms. The molecule has 2 heterocycles. The van der Waals surface area contributed by atoms with Gasteiger partial charge in [-0.3, -0.25) is 4.90 Å². The van der Waals surface area contributed by atoms with E-state index in [-0.39, 0.29) is 5.54 Å². The zero-order chi connectivity index (χ0) is 16.3. The fourth-order valence-corrected chi connectivity index (χ4v) is 4.54. The van der Waals surface area contributed by atoms with E-state index in [1.54, 1.807) is 0 Å². The van der Waals surface area contributed by atoms with Crippen LogP contribution in [0.15, 0.2) is 0 Å². The summed E-state index contributed by atoms with van der Waals surface area (Å²) in [7, 11) is 0. The van der Waals surface area contributed by atoms with E-state index in [0.717, 1.165) is 71.9 Å². The van der Waals surface area contributed by atoms with Crippen LogP contribution in [-0.4, -0.2) is 75.3 Å². The third-order valence-electron chi connectivity index (χ3n) is 6.22. The molecule has 0 aromatic carbocycles. The summed E-state index contributed by atoms with van der Waals surface area (Å²) in [5, 5.41) is 3.89. The summed E-state index contributed by atoms with van der Waals surface area (Å²) in [6.07, 6.45) is 3.83. The summed E-state index contributed by atoms with van der Waals surface area (Å²) in [5.41, 5.74) is 0.474. The number of ether oxygens (including phenoxy) is 3. The predicted molar refractivity (Wildman–Crippen MR) is 90.8 cm³/mol. The van der Waals surface area contributed by atoms with E-state index in [9.17, 15) is 0 Å². The van der Waals surface area contributed by atoms with E-state index in [2.05, 4.69) is 31.0 Å². The van der Waals surface area contributed by atoms with Crippen LogP contribution in [0.5, 0.6) is 0 Å². The van der Waals surface area contributed by atoms with E-state index in [4.69, 9.17) is 14.2 Å². The van der Waals surface area contributed by atoms with Gasteiger partial charge in [-0.2, -0.15) is 0 Å². The van der Waals surface area contributed by atoms with E-state index in [1.807, 2.05) is 0 Å². The van der Waals surface area contributed by atoms with Crippen molar-refractivity contribution in [3.63, 3.8) is 0 Å². The van der Waals surface area contributed by atoms with E-state index >= 15 is 0 Å². The van der Waals surface area contributed by atoms with Crippen molar-refractivity contribution in [1.82, 2.24) is 10.2 Å². The van der Waals surface area contributed by atoms with Crippen molar-refractivity contribution in [2.24, 2.45) is 5.41 Å². The van der Waals surface area contributed by atoms with Crippen molar-refractivity contribution >= 4 is 0 Å². The molecule has 0 aromatic rings. The number of hydrogen-bond acceptors (Lipinski definition) is 5. The average Bonchev–Trinajstić information content (AvgIpc) is 2.59. The van der Waals surface area contributed by atoms with Gasteiger partial charge in [0, 0.05) is 56.5 Å². The molecular weight excluding hydrogens is 292 g/mol. The Morgan fingerprint density at radius 2 is 1.78 bits per heavy atom. The summed E-state index contributed by atoms with van der Waals surface area (Å²) in [6, 6.07) is 0.572. The molecule has 2 atom stereocenters. The second-order valence-electron chi connectivity index (χ2n) is 7.87. The lowest BCUT2D eigenvalue weighted by molar-refractivity contribution is -0.174. The molecule has 2 aliphatic heterocycles. The molecule has 3 fully saturated rings. The Labute approximate surface area is 141 Å². The highest BCUT2D eigenvalue weighted by molar-refractivity contribution is 5.09. The minimum atomic E-state index is 0.173. The maximum Gasteiger partial charge on any atom is 0.0662 e. The summed E-state index contributed by atoms with van der Waals surface area (Å²) in [4.78, 5) is 2.55. The number of nitrogens with one attached hydrogen (secondary N) is 1. The topological polar surface area (TPSA) is 43.0 Å². The first-order valence-corrected chi connectivity index (χ1v) is 9.34. The van der Waals surface area contributed by atoms with Gasteiger partial charge in [-0.25, -0.2) is 0 Å². The first-order chi connectivity index (χ1) is 11.1. The third kappa shape index (κ3) is 3.59. The molecule has 0 radical (unpaired) electrons. The standard InChI is InChI=1S/C18H34N2O3/c1-4-23-16-13-15(18(16)5-9-21-10-6-18)19-14-17(2,3)20-7-11-22-12-8-20/h15-16,19H,4-14H2,1-3H3/t15-,16+/m1/s1. The monoisotopic (exact) mass is 326 g/mol. The summed E-state index contributed by atoms with van der Waals surface area (Å²) < 4.78 is 17.1. The maximum absolute atomic E-state index is 6.03. The van der Waals surface area contributed by atoms with Gasteiger partial charge in [0.15, 0.2) is 0 Å². The highest BCUT2D eigenvalue weighted by Crippen LogP contribution is 2.50. The van der Waals surface area contributed by atoms with Gasteiger partial charge in [-0.05, 0) is 40.0 Å². The molecule has 2 saturated heterocycles. The van der Waals surface area contributed by atoms with Crippen LogP contribution in [0.1, 0.15) is 40.0 Å². The second-order valence-corrected chi connectivity index (χ2v) is 7.87. The Hall–Kier alpha value is -0.200. The van der Waals surface area contributed by atoms with Crippen molar-refractivity contribution in [3.8, 4) is 0 Å². The third-order valence-corrected chi connectivity index (χ3v) is 6.22. The Balaban J connectivity index is 1.56. The van der Waals surface area contributed by atoms with Crippen LogP contribution in [0.25, 0.3) is 0 Å². The second kappa shape index (κ2) is 7.36. The zero-order valence-electron chi connectivity index (χ0n) is 15.1. The Kier molecular flexibility index (Phi) is 5.64. The van der Waals surface area contributed by atoms with Crippen LogP contribution in [0, 0.1) is 5.41 Å². The van der Waals surface area contributed by atoms with Crippen LogP contribution in [0.4, 0.5) is 0 Å². The molecule has 3 aliphatic rings. The Bertz CT molecular complexity index is 376. The lowest BCUT2D eigenvalue weighted by atomic mass is 9.57. The van der Waals surface area contributed by atoms with Gasteiger partial charge >= 0.3 is 0 Å². The Morgan fingerprint density at radius 1 is 1.13 bits per heavy atom. The van der Waals surface area contributed by atoms with Crippen molar-refractivity contribution < 1.29 is 14.2 Å². The summed E-state index contributed by atoms with van der Waals surface area (Å²) in [6.45, 7) is 14.2. The van der Waals surface area contributed by atoms with Crippen molar-refractivity contribution in [3.05, 3.63) is 0 Å². The highest BCUT2D eigenvalue weighted by Gasteiger charge is 2.56. The fourth-order valence-electron chi connectivity index (χ4n) is 4.54. The van der Waals surface area contributed by atoms with Gasteiger partial charge in [-0.15, -0.1) is 0 Å². The summed E-state index contributed by atoms with van der Waals surface area (Å²) in [5.74, 6) is 0.